The highest BCUT2D eigenvalue weighted by molar-refractivity contribution is 5.93. The van der Waals surface area contributed by atoms with E-state index in [9.17, 15) is 14.9 Å². The Balaban J connectivity index is 1.86. The first-order valence-electron chi connectivity index (χ1n) is 7.66. The smallest absolute Gasteiger partial charge is 0.346 e. The fourth-order valence-corrected chi connectivity index (χ4v) is 2.66. The quantitative estimate of drug-likeness (QED) is 0.747. The second kappa shape index (κ2) is 6.54. The normalized spacial score (nSPS) is 10.7. The molecule has 3 aromatic rings. The van der Waals surface area contributed by atoms with Gasteiger partial charge >= 0.3 is 11.6 Å². The lowest BCUT2D eigenvalue weighted by molar-refractivity contribution is -0.468. The van der Waals surface area contributed by atoms with Crippen molar-refractivity contribution in [3.63, 3.8) is 0 Å². The summed E-state index contributed by atoms with van der Waals surface area (Å²) in [6, 6.07) is 16.1. The maximum absolute atomic E-state index is 12.5. The van der Waals surface area contributed by atoms with Gasteiger partial charge in [0.2, 0.25) is 0 Å². The zero-order valence-corrected chi connectivity index (χ0v) is 13.2. The molecule has 122 valence electrons. The molecule has 1 amide bonds. The van der Waals surface area contributed by atoms with E-state index in [1.807, 2.05) is 30.3 Å². The molecular formula is C18H17N3O3. The van der Waals surface area contributed by atoms with Gasteiger partial charge in [-0.05, 0) is 25.0 Å². The van der Waals surface area contributed by atoms with Gasteiger partial charge in [-0.1, -0.05) is 42.5 Å². The number of hydrogen-bond donors (Lipinski definition) is 1. The molecule has 0 fully saturated rings. The molecule has 3 rings (SSSR count). The van der Waals surface area contributed by atoms with Crippen molar-refractivity contribution < 1.29 is 9.22 Å². The van der Waals surface area contributed by atoms with E-state index in [1.165, 1.54) is 13.0 Å². The van der Waals surface area contributed by atoms with Gasteiger partial charge in [-0.25, -0.2) is 0 Å². The lowest BCUT2D eigenvalue weighted by Crippen LogP contribution is -2.37. The molecule has 6 heteroatoms. The van der Waals surface area contributed by atoms with Crippen molar-refractivity contribution >= 4 is 16.9 Å². The van der Waals surface area contributed by atoms with E-state index in [1.54, 1.807) is 18.2 Å². The van der Waals surface area contributed by atoms with Gasteiger partial charge in [-0.2, -0.15) is 0 Å². The molecule has 0 aliphatic rings. The van der Waals surface area contributed by atoms with Gasteiger partial charge in [0.05, 0.1) is 10.1 Å². The van der Waals surface area contributed by atoms with Crippen molar-refractivity contribution in [2.45, 2.75) is 13.3 Å². The highest BCUT2D eigenvalue weighted by Crippen LogP contribution is 2.13. The zero-order valence-electron chi connectivity index (χ0n) is 13.2. The second-order valence-electron chi connectivity index (χ2n) is 5.50. The molecular weight excluding hydrogens is 306 g/mol. The zero-order chi connectivity index (χ0) is 17.1. The molecule has 1 N–H and O–H groups in total. The fourth-order valence-electron chi connectivity index (χ4n) is 2.66. The Labute approximate surface area is 138 Å². The van der Waals surface area contributed by atoms with Crippen LogP contribution in [0.4, 0.5) is 0 Å². The van der Waals surface area contributed by atoms with Crippen LogP contribution in [-0.4, -0.2) is 17.2 Å². The van der Waals surface area contributed by atoms with Gasteiger partial charge in [-0.3, -0.25) is 4.79 Å². The predicted molar refractivity (Wildman–Crippen MR) is 91.3 cm³/mol. The highest BCUT2D eigenvalue weighted by Gasteiger charge is 2.26. The minimum Gasteiger partial charge on any atom is -0.805 e. The summed E-state index contributed by atoms with van der Waals surface area (Å²) < 4.78 is 1.15. The van der Waals surface area contributed by atoms with Gasteiger partial charge in [0.25, 0.3) is 5.52 Å². The molecule has 0 atom stereocenters. The number of benzene rings is 2. The van der Waals surface area contributed by atoms with E-state index in [4.69, 9.17) is 0 Å². The Morgan fingerprint density at radius 2 is 1.79 bits per heavy atom. The number of fused-ring (bicyclic) bond motifs is 1. The number of nitrogens with zero attached hydrogens (tertiary/aromatic N) is 2. The van der Waals surface area contributed by atoms with E-state index < -0.39 is 5.91 Å². The third-order valence-corrected chi connectivity index (χ3v) is 3.93. The first-order chi connectivity index (χ1) is 11.6. The van der Waals surface area contributed by atoms with E-state index >= 15 is 0 Å². The van der Waals surface area contributed by atoms with Gasteiger partial charge in [0.15, 0.2) is 0 Å². The first kappa shape index (κ1) is 15.7. The average molecular weight is 323 g/mol. The molecule has 6 nitrogen and oxygen atoms in total. The second-order valence-corrected chi connectivity index (χ2v) is 5.50. The van der Waals surface area contributed by atoms with Crippen molar-refractivity contribution in [3.8, 4) is 0 Å². The molecule has 0 spiro atoms. The number of amides is 1. The number of carbonyl (C=O) groups excluding carboxylic acids is 1. The monoisotopic (exact) mass is 323 g/mol. The summed E-state index contributed by atoms with van der Waals surface area (Å²) in [7, 11) is 0. The summed E-state index contributed by atoms with van der Waals surface area (Å²) in [5.41, 5.74) is 1.41. The lowest BCUT2D eigenvalue weighted by Gasteiger charge is -2.16. The van der Waals surface area contributed by atoms with Crippen LogP contribution < -0.4 is 9.74 Å². The van der Waals surface area contributed by atoms with Crippen LogP contribution >= 0.6 is 0 Å². The van der Waals surface area contributed by atoms with Crippen molar-refractivity contribution in [2.24, 2.45) is 0 Å². The molecule has 0 aliphatic heterocycles. The van der Waals surface area contributed by atoms with Crippen LogP contribution in [0.15, 0.2) is 54.6 Å². The Bertz CT molecular complexity index is 949. The number of para-hydroxylation sites is 2. The number of aromatic nitrogens is 2. The molecule has 0 unspecified atom stereocenters. The molecule has 24 heavy (non-hydrogen) atoms. The number of rotatable bonds is 4. The minimum atomic E-state index is -0.547. The molecule has 0 bridgehead atoms. The van der Waals surface area contributed by atoms with Crippen molar-refractivity contribution in [1.82, 2.24) is 10.0 Å². The lowest BCUT2D eigenvalue weighted by atomic mass is 10.1. The molecule has 2 aromatic carbocycles. The van der Waals surface area contributed by atoms with Crippen LogP contribution in [0.25, 0.3) is 11.0 Å². The third kappa shape index (κ3) is 2.86. The number of nitrogens with one attached hydrogen (secondary N) is 1. The molecule has 0 saturated carbocycles. The van der Waals surface area contributed by atoms with Gasteiger partial charge in [-0.15, -0.1) is 0 Å². The van der Waals surface area contributed by atoms with E-state index in [0.717, 1.165) is 5.56 Å². The van der Waals surface area contributed by atoms with Crippen molar-refractivity contribution in [1.29, 1.82) is 0 Å². The maximum atomic E-state index is 12.5. The van der Waals surface area contributed by atoms with Crippen molar-refractivity contribution in [2.75, 3.05) is 6.54 Å². The SMILES string of the molecule is Cc1c(C(=O)NCCc2ccccc2)[n+](=O)c2ccccc2n1[O-]. The summed E-state index contributed by atoms with van der Waals surface area (Å²) in [4.78, 5) is 24.9. The van der Waals surface area contributed by atoms with Gasteiger partial charge < -0.3 is 15.3 Å². The average Bonchev–Trinajstić information content (AvgIpc) is 2.61. The van der Waals surface area contributed by atoms with E-state index in [2.05, 4.69) is 5.32 Å². The largest absolute Gasteiger partial charge is 0.805 e. The highest BCUT2D eigenvalue weighted by atomic mass is 16.5. The van der Waals surface area contributed by atoms with Crippen LogP contribution in [0.1, 0.15) is 21.7 Å². The van der Waals surface area contributed by atoms with Gasteiger partial charge in [0, 0.05) is 17.5 Å². The van der Waals surface area contributed by atoms with Crippen LogP contribution in [0.2, 0.25) is 0 Å². The Morgan fingerprint density at radius 1 is 1.12 bits per heavy atom. The fraction of sp³-hybridized carbons (Fsp3) is 0.167. The Hall–Kier alpha value is -3.15. The van der Waals surface area contributed by atoms with Crippen LogP contribution in [0.5, 0.6) is 0 Å². The van der Waals surface area contributed by atoms with Crippen LogP contribution in [0, 0.1) is 17.0 Å². The first-order valence-corrected chi connectivity index (χ1v) is 7.66. The Morgan fingerprint density at radius 3 is 2.54 bits per heavy atom. The molecule has 1 heterocycles. The number of hydrogen-bond acceptors (Lipinski definition) is 3. The van der Waals surface area contributed by atoms with Crippen molar-refractivity contribution in [3.05, 3.63) is 81.7 Å². The summed E-state index contributed by atoms with van der Waals surface area (Å²) in [5, 5.41) is 15.0. The van der Waals surface area contributed by atoms with E-state index in [-0.39, 0.29) is 22.4 Å². The predicted octanol–water partition coefficient (Wildman–Crippen LogP) is 2.18. The van der Waals surface area contributed by atoms with Crippen LogP contribution in [-0.2, 0) is 6.42 Å². The van der Waals surface area contributed by atoms with Gasteiger partial charge in [0.1, 0.15) is 5.52 Å². The molecule has 1 aromatic heterocycles. The molecule has 0 saturated heterocycles. The maximum Gasteiger partial charge on any atom is 0.346 e. The third-order valence-electron chi connectivity index (χ3n) is 3.93. The summed E-state index contributed by atoms with van der Waals surface area (Å²) in [6.07, 6.45) is 0.648. The molecule has 0 radical (unpaired) electrons. The number of carbonyl (C=O) groups is 1. The summed E-state index contributed by atoms with van der Waals surface area (Å²) >= 11 is 0. The standard InChI is InChI=1S/C18H17N3O3/c1-13-17(18(22)19-12-11-14-7-3-2-4-8-14)21(24)16-10-6-5-9-15(16)20(13)23/h2-10H,11-12H2,1H3,(H,19,22). The van der Waals surface area contributed by atoms with E-state index in [0.29, 0.717) is 22.1 Å². The topological polar surface area (TPSA) is 80.1 Å². The summed E-state index contributed by atoms with van der Waals surface area (Å²) in [6.45, 7) is 1.86. The Kier molecular flexibility index (Phi) is 4.29. The molecule has 0 aliphatic carbocycles. The minimum absolute atomic E-state index is 0.0842. The summed E-state index contributed by atoms with van der Waals surface area (Å²) in [5.74, 6) is -0.547. The van der Waals surface area contributed by atoms with Crippen LogP contribution in [0.3, 0.4) is 0 Å².